The second-order valence-corrected chi connectivity index (χ2v) is 8.52. The highest BCUT2D eigenvalue weighted by molar-refractivity contribution is 14.0. The highest BCUT2D eigenvalue weighted by atomic mass is 127. The van der Waals surface area contributed by atoms with E-state index in [1.165, 1.54) is 5.56 Å². The highest BCUT2D eigenvalue weighted by Crippen LogP contribution is 2.39. The van der Waals surface area contributed by atoms with E-state index < -0.39 is 0 Å². The molecule has 1 fully saturated rings. The van der Waals surface area contributed by atoms with Gasteiger partial charge in [-0.25, -0.2) is 0 Å². The smallest absolute Gasteiger partial charge is 0.230 e. The van der Waals surface area contributed by atoms with Gasteiger partial charge in [0.2, 0.25) is 5.91 Å². The first-order valence-electron chi connectivity index (χ1n) is 10.9. The third kappa shape index (κ3) is 7.52. The quantitative estimate of drug-likeness (QED) is 0.284. The molecule has 1 saturated carbocycles. The third-order valence-corrected chi connectivity index (χ3v) is 5.89. The molecule has 1 aliphatic rings. The van der Waals surface area contributed by atoms with Crippen LogP contribution in [-0.2, 0) is 4.79 Å². The zero-order chi connectivity index (χ0) is 22.1. The van der Waals surface area contributed by atoms with E-state index in [9.17, 15) is 4.79 Å². The molecule has 0 radical (unpaired) electrons. The van der Waals surface area contributed by atoms with Crippen LogP contribution >= 0.6 is 24.0 Å². The summed E-state index contributed by atoms with van der Waals surface area (Å²) in [5.41, 5.74) is 0.849. The lowest BCUT2D eigenvalue weighted by Gasteiger charge is -2.30. The number of benzene rings is 1. The van der Waals surface area contributed by atoms with Crippen molar-refractivity contribution in [2.24, 2.45) is 10.4 Å². The Balaban J connectivity index is 0.00000480. The van der Waals surface area contributed by atoms with Crippen LogP contribution in [0.25, 0.3) is 0 Å². The predicted octanol–water partition coefficient (Wildman–Crippen LogP) is 3.12. The zero-order valence-corrected chi connectivity index (χ0v) is 22.2. The molecule has 1 aromatic carbocycles. The van der Waals surface area contributed by atoms with Crippen LogP contribution in [0.2, 0.25) is 0 Å². The maximum Gasteiger partial charge on any atom is 0.230 e. The molecule has 176 valence electrons. The van der Waals surface area contributed by atoms with Crippen LogP contribution < -0.4 is 15.4 Å². The number of aliphatic imine (C=N–C) groups is 1. The Kier molecular flexibility index (Phi) is 11.6. The minimum Gasteiger partial charge on any atom is -0.497 e. The topological polar surface area (TPSA) is 69.2 Å². The standard InChI is InChI=1S/C23H39N5O2.HI/c1-7-24-22(26-17-23(14-8-9-15-23)21(29)28(4)5)25-16-20(27(2)3)18-10-12-19(30-6)13-11-18;/h10-13,20H,7-9,14-17H2,1-6H3,(H2,24,25,26);1H. The minimum absolute atomic E-state index is 0. The number of rotatable bonds is 9. The Morgan fingerprint density at radius 2 is 1.74 bits per heavy atom. The number of ether oxygens (including phenoxy) is 1. The fraction of sp³-hybridized carbons (Fsp3) is 0.652. The van der Waals surface area contributed by atoms with Crippen LogP contribution in [0.1, 0.15) is 44.2 Å². The van der Waals surface area contributed by atoms with Crippen molar-refractivity contribution in [1.29, 1.82) is 0 Å². The first-order valence-corrected chi connectivity index (χ1v) is 10.9. The Morgan fingerprint density at radius 1 is 1.13 bits per heavy atom. The predicted molar refractivity (Wildman–Crippen MR) is 138 cm³/mol. The molecule has 1 aliphatic carbocycles. The minimum atomic E-state index is -0.358. The van der Waals surface area contributed by atoms with E-state index in [-0.39, 0.29) is 41.3 Å². The molecule has 0 bridgehead atoms. The molecule has 8 heteroatoms. The Labute approximate surface area is 205 Å². The van der Waals surface area contributed by atoms with Crippen LogP contribution in [0.5, 0.6) is 5.75 Å². The lowest BCUT2D eigenvalue weighted by atomic mass is 9.85. The highest BCUT2D eigenvalue weighted by Gasteiger charge is 2.42. The van der Waals surface area contributed by atoms with E-state index in [4.69, 9.17) is 9.73 Å². The second-order valence-electron chi connectivity index (χ2n) is 8.52. The molecule has 1 amide bonds. The number of amides is 1. The van der Waals surface area contributed by atoms with E-state index in [0.29, 0.717) is 13.1 Å². The van der Waals surface area contributed by atoms with Gasteiger partial charge in [0.25, 0.3) is 0 Å². The molecule has 1 atom stereocenters. The van der Waals surface area contributed by atoms with Gasteiger partial charge in [-0.2, -0.15) is 0 Å². The summed E-state index contributed by atoms with van der Waals surface area (Å²) in [6.45, 7) is 4.06. The molecule has 2 rings (SSSR count). The van der Waals surface area contributed by atoms with Gasteiger partial charge in [0.15, 0.2) is 5.96 Å². The van der Waals surface area contributed by atoms with E-state index in [1.54, 1.807) is 12.0 Å². The Bertz CT molecular complexity index is 700. The molecule has 0 spiro atoms. The summed E-state index contributed by atoms with van der Waals surface area (Å²) >= 11 is 0. The molecule has 7 nitrogen and oxygen atoms in total. The van der Waals surface area contributed by atoms with Gasteiger partial charge in [0.05, 0.1) is 25.1 Å². The SMILES string of the molecule is CCNC(=NCC1(C(=O)N(C)C)CCCC1)NCC(c1ccc(OC)cc1)N(C)C.I. The van der Waals surface area contributed by atoms with Crippen LogP contribution in [0.15, 0.2) is 29.3 Å². The average Bonchev–Trinajstić information content (AvgIpc) is 3.21. The number of likely N-dealkylation sites (N-methyl/N-ethyl adjacent to an activating group) is 1. The summed E-state index contributed by atoms with van der Waals surface area (Å²) in [7, 11) is 9.50. The lowest BCUT2D eigenvalue weighted by molar-refractivity contribution is -0.138. The number of nitrogens with zero attached hydrogens (tertiary/aromatic N) is 3. The number of carbonyl (C=O) groups is 1. The Hall–Kier alpha value is -1.55. The van der Waals surface area contributed by atoms with E-state index in [2.05, 4.69) is 48.7 Å². The van der Waals surface area contributed by atoms with Gasteiger partial charge in [0, 0.05) is 27.2 Å². The molecular weight excluding hydrogens is 505 g/mol. The number of methoxy groups -OCH3 is 1. The second kappa shape index (κ2) is 13.1. The summed E-state index contributed by atoms with van der Waals surface area (Å²) in [5, 5.41) is 6.81. The number of carbonyl (C=O) groups excluding carboxylic acids is 1. The van der Waals surface area contributed by atoms with Gasteiger partial charge >= 0.3 is 0 Å². The summed E-state index contributed by atoms with van der Waals surface area (Å²) in [5.74, 6) is 1.81. The van der Waals surface area contributed by atoms with Crippen molar-refractivity contribution >= 4 is 35.8 Å². The van der Waals surface area contributed by atoms with E-state index in [0.717, 1.165) is 43.9 Å². The summed E-state index contributed by atoms with van der Waals surface area (Å²) in [6, 6.07) is 8.35. The molecule has 0 aliphatic heterocycles. The van der Waals surface area contributed by atoms with Crippen molar-refractivity contribution < 1.29 is 9.53 Å². The van der Waals surface area contributed by atoms with Crippen molar-refractivity contribution in [3.63, 3.8) is 0 Å². The first kappa shape index (κ1) is 27.5. The molecule has 0 saturated heterocycles. The molecule has 2 N–H and O–H groups in total. The fourth-order valence-electron chi connectivity index (χ4n) is 4.16. The van der Waals surface area contributed by atoms with E-state index >= 15 is 0 Å². The monoisotopic (exact) mass is 545 g/mol. The molecule has 31 heavy (non-hydrogen) atoms. The molecule has 1 unspecified atom stereocenters. The number of guanidine groups is 1. The maximum absolute atomic E-state index is 12.8. The summed E-state index contributed by atoms with van der Waals surface area (Å²) < 4.78 is 5.28. The van der Waals surface area contributed by atoms with Crippen molar-refractivity contribution in [1.82, 2.24) is 20.4 Å². The Morgan fingerprint density at radius 3 is 2.23 bits per heavy atom. The van der Waals surface area contributed by atoms with Crippen molar-refractivity contribution in [2.45, 2.75) is 38.6 Å². The largest absolute Gasteiger partial charge is 0.497 e. The molecule has 0 aromatic heterocycles. The van der Waals surface area contributed by atoms with E-state index in [1.807, 2.05) is 26.2 Å². The zero-order valence-electron chi connectivity index (χ0n) is 19.9. The van der Waals surface area contributed by atoms with Gasteiger partial charge < -0.3 is 25.2 Å². The summed E-state index contributed by atoms with van der Waals surface area (Å²) in [6.07, 6.45) is 4.02. The van der Waals surface area contributed by atoms with Crippen molar-refractivity contribution in [3.8, 4) is 5.75 Å². The number of hydrogen-bond donors (Lipinski definition) is 2. The number of nitrogens with one attached hydrogen (secondary N) is 2. The normalized spacial score (nSPS) is 16.4. The third-order valence-electron chi connectivity index (χ3n) is 5.89. The van der Waals surface area contributed by atoms with Crippen molar-refractivity contribution in [2.75, 3.05) is 54.9 Å². The van der Waals surface area contributed by atoms with Gasteiger partial charge in [-0.1, -0.05) is 25.0 Å². The van der Waals surface area contributed by atoms with Crippen LogP contribution in [0.3, 0.4) is 0 Å². The van der Waals surface area contributed by atoms with Gasteiger partial charge in [-0.3, -0.25) is 9.79 Å². The summed E-state index contributed by atoms with van der Waals surface area (Å²) in [4.78, 5) is 21.6. The molecular formula is C23H40IN5O2. The van der Waals surface area contributed by atoms with Gasteiger partial charge in [0.1, 0.15) is 5.75 Å². The van der Waals surface area contributed by atoms with Gasteiger partial charge in [-0.05, 0) is 51.6 Å². The van der Waals surface area contributed by atoms with Crippen LogP contribution in [0, 0.1) is 5.41 Å². The average molecular weight is 546 g/mol. The first-order chi connectivity index (χ1) is 14.3. The van der Waals surface area contributed by atoms with Gasteiger partial charge in [-0.15, -0.1) is 24.0 Å². The number of halogens is 1. The molecule has 1 aromatic rings. The molecule has 0 heterocycles. The lowest BCUT2D eigenvalue weighted by Crippen LogP contribution is -2.44. The number of hydrogen-bond acceptors (Lipinski definition) is 4. The fourth-order valence-corrected chi connectivity index (χ4v) is 4.16. The maximum atomic E-state index is 12.8. The van der Waals surface area contributed by atoms with Crippen LogP contribution in [0.4, 0.5) is 0 Å². The van der Waals surface area contributed by atoms with Crippen molar-refractivity contribution in [3.05, 3.63) is 29.8 Å². The van der Waals surface area contributed by atoms with Crippen LogP contribution in [-0.4, -0.2) is 76.6 Å².